The van der Waals surface area contributed by atoms with E-state index in [1.807, 2.05) is 48.5 Å². The minimum atomic E-state index is -1.62. The van der Waals surface area contributed by atoms with E-state index >= 15 is 0 Å². The van der Waals surface area contributed by atoms with Gasteiger partial charge in [0.05, 0.1) is 12.6 Å². The molecule has 0 aliphatic rings. The highest BCUT2D eigenvalue weighted by Crippen LogP contribution is 2.24. The van der Waals surface area contributed by atoms with Crippen LogP contribution in [-0.4, -0.2) is 145 Å². The minimum Gasteiger partial charge on any atom is -0.357 e. The van der Waals surface area contributed by atoms with Crippen LogP contribution in [0.2, 0.25) is 0 Å². The molecule has 4 N–H and O–H groups in total. The van der Waals surface area contributed by atoms with Gasteiger partial charge in [-0.3, -0.25) is 43.7 Å². The van der Waals surface area contributed by atoms with Gasteiger partial charge in [-0.05, 0) is 63.2 Å². The third-order valence-electron chi connectivity index (χ3n) is 10.1. The highest BCUT2D eigenvalue weighted by Gasteiger charge is 2.44. The van der Waals surface area contributed by atoms with E-state index in [0.29, 0.717) is 25.5 Å². The molecule has 16 nitrogen and oxygen atoms in total. The first kappa shape index (κ1) is 52.9. The Morgan fingerprint density at radius 2 is 1.14 bits per heavy atom. The maximum Gasteiger partial charge on any atom is 0.245 e. The van der Waals surface area contributed by atoms with Crippen molar-refractivity contribution in [2.75, 3.05) is 41.8 Å². The fraction of sp³-hybridized carbons (Fsp3) is 0.805. The summed E-state index contributed by atoms with van der Waals surface area (Å²) in [4.78, 5) is 112. The molecule has 0 spiro atoms. The molecule has 0 fully saturated rings. The molecular weight excluding hydrogens is 732 g/mol. The number of unbranched alkanes of at least 4 members (excludes halogenated alkanes) is 1. The molecule has 57 heavy (non-hydrogen) atoms. The molecule has 0 saturated carbocycles. The number of carbonyl (C=O) groups is 8. The van der Waals surface area contributed by atoms with Crippen LogP contribution in [0.1, 0.15) is 115 Å². The maximum atomic E-state index is 14.4. The number of likely N-dealkylation sites (N-methyl/N-ethyl adjacent to an activating group) is 5. The monoisotopic (exact) mass is 809 g/mol. The maximum absolute atomic E-state index is 14.4. The number of hydrogen-bond acceptors (Lipinski definition) is 9. The molecule has 0 saturated heterocycles. The Morgan fingerprint density at radius 1 is 0.649 bits per heavy atom. The Morgan fingerprint density at radius 3 is 1.58 bits per heavy atom. The molecule has 16 heteroatoms. The molecule has 0 heterocycles. The molecule has 0 bridgehead atoms. The summed E-state index contributed by atoms with van der Waals surface area (Å²) >= 11 is 0. The summed E-state index contributed by atoms with van der Waals surface area (Å²) in [6.07, 6.45) is 3.26. The molecule has 6 atom stereocenters. The van der Waals surface area contributed by atoms with Gasteiger partial charge in [0.15, 0.2) is 11.9 Å². The van der Waals surface area contributed by atoms with Crippen LogP contribution < -0.4 is 21.3 Å². The van der Waals surface area contributed by atoms with Gasteiger partial charge in [-0.25, -0.2) is 0 Å². The Kier molecular flexibility index (Phi) is 22.9. The predicted octanol–water partition coefficient (Wildman–Crippen LogP) is 2.15. The predicted molar refractivity (Wildman–Crippen MR) is 221 cm³/mol. The van der Waals surface area contributed by atoms with Gasteiger partial charge in [-0.15, -0.1) is 0 Å². The summed E-state index contributed by atoms with van der Waals surface area (Å²) in [5.41, 5.74) is -1.62. The summed E-state index contributed by atoms with van der Waals surface area (Å²) in [5.74, 6) is -3.61. The van der Waals surface area contributed by atoms with Gasteiger partial charge >= 0.3 is 0 Å². The summed E-state index contributed by atoms with van der Waals surface area (Å²) in [6, 6.07) is -4.89. The van der Waals surface area contributed by atoms with Crippen LogP contribution in [0.15, 0.2) is 0 Å². The van der Waals surface area contributed by atoms with Crippen LogP contribution in [0.25, 0.3) is 0 Å². The van der Waals surface area contributed by atoms with Crippen LogP contribution in [0, 0.1) is 23.7 Å². The van der Waals surface area contributed by atoms with Crippen molar-refractivity contribution < 1.29 is 38.4 Å². The third-order valence-corrected chi connectivity index (χ3v) is 10.1. The van der Waals surface area contributed by atoms with Crippen molar-refractivity contribution in [2.45, 2.75) is 151 Å². The van der Waals surface area contributed by atoms with Gasteiger partial charge in [-0.2, -0.15) is 0 Å². The highest BCUT2D eigenvalue weighted by atomic mass is 16.2. The Balaban J connectivity index is 6.33. The van der Waals surface area contributed by atoms with Gasteiger partial charge in [0.1, 0.15) is 24.2 Å². The zero-order valence-corrected chi connectivity index (χ0v) is 37.8. The molecule has 0 aromatic rings. The van der Waals surface area contributed by atoms with E-state index in [9.17, 15) is 38.4 Å². The molecule has 0 radical (unpaired) electrons. The second kappa shape index (κ2) is 24.6. The quantitative estimate of drug-likeness (QED) is 0.0789. The summed E-state index contributed by atoms with van der Waals surface area (Å²) in [7, 11) is 7.51. The third kappa shape index (κ3) is 16.4. The van der Waals surface area contributed by atoms with Crippen LogP contribution in [0.3, 0.4) is 0 Å². The largest absolute Gasteiger partial charge is 0.357 e. The Hall–Kier alpha value is -4.08. The number of nitrogens with one attached hydrogen (secondary N) is 4. The average Bonchev–Trinajstić information content (AvgIpc) is 3.13. The lowest BCUT2D eigenvalue weighted by molar-refractivity contribution is -0.150. The second-order valence-electron chi connectivity index (χ2n) is 17.1. The van der Waals surface area contributed by atoms with Crippen LogP contribution in [0.4, 0.5) is 0 Å². The van der Waals surface area contributed by atoms with Crippen molar-refractivity contribution in [1.82, 2.24) is 40.9 Å². The first-order valence-electron chi connectivity index (χ1n) is 20.4. The number of hydrogen-bond donors (Lipinski definition) is 4. The van der Waals surface area contributed by atoms with Crippen LogP contribution in [0.5, 0.6) is 0 Å². The molecule has 328 valence electrons. The first-order valence-corrected chi connectivity index (χ1v) is 20.4. The fourth-order valence-electron chi connectivity index (χ4n) is 6.55. The van der Waals surface area contributed by atoms with Crippen molar-refractivity contribution >= 4 is 47.6 Å². The zero-order chi connectivity index (χ0) is 44.5. The number of carbonyl (C=O) groups excluding carboxylic acids is 8. The van der Waals surface area contributed by atoms with E-state index in [2.05, 4.69) is 21.3 Å². The van der Waals surface area contributed by atoms with E-state index in [4.69, 9.17) is 0 Å². The van der Waals surface area contributed by atoms with E-state index in [1.165, 1.54) is 61.6 Å². The Bertz CT molecular complexity index is 1370. The topological polar surface area (TPSA) is 198 Å². The van der Waals surface area contributed by atoms with Crippen LogP contribution in [-0.2, 0) is 38.4 Å². The van der Waals surface area contributed by atoms with Gasteiger partial charge in [0.25, 0.3) is 0 Å². The molecule has 0 rings (SSSR count). The number of nitrogens with zero attached hydrogens (tertiary/aromatic N) is 4. The molecule has 0 aromatic heterocycles. The number of amides is 7. The smallest absolute Gasteiger partial charge is 0.245 e. The minimum absolute atomic E-state index is 0.0475. The standard InChI is InChI=1S/C41H76N8O8/c1-17-18-19-33(51)46(13)23-34(52)49(16)41(24-50,22-27(6)7)45-35(28(8)9)40(57)48(15)32(21-26(4)5)38(55)43-29(10)36(53)44-30(11)39(56)47(14)31(20-25(2)3)37(54)42-12/h24-32,35,45H,17-23H2,1-16H3,(H,42,54)(H,43,55)(H,44,53)/t29-,30+,31-,32?,35-,41?/m0/s1. The van der Waals surface area contributed by atoms with Gasteiger partial charge < -0.3 is 35.6 Å². The highest BCUT2D eigenvalue weighted by molar-refractivity contribution is 5.96. The first-order chi connectivity index (χ1) is 26.3. The number of rotatable bonds is 25. The van der Waals surface area contributed by atoms with Gasteiger partial charge in [0.2, 0.25) is 41.4 Å². The van der Waals surface area contributed by atoms with Crippen molar-refractivity contribution in [3.63, 3.8) is 0 Å². The normalized spacial score (nSPS) is 15.2. The van der Waals surface area contributed by atoms with Crippen molar-refractivity contribution in [3.8, 4) is 0 Å². The molecule has 0 aromatic carbocycles. The lowest BCUT2D eigenvalue weighted by Gasteiger charge is -2.44. The molecular formula is C41H76N8O8. The molecule has 2 unspecified atom stereocenters. The summed E-state index contributed by atoms with van der Waals surface area (Å²) < 4.78 is 0. The molecule has 0 aliphatic heterocycles. The second-order valence-corrected chi connectivity index (χ2v) is 17.1. The lowest BCUT2D eigenvalue weighted by atomic mass is 9.92. The van der Waals surface area contributed by atoms with Crippen LogP contribution >= 0.6 is 0 Å². The van der Waals surface area contributed by atoms with Crippen molar-refractivity contribution in [2.24, 2.45) is 23.7 Å². The van der Waals surface area contributed by atoms with Gasteiger partial charge in [-0.1, -0.05) is 68.7 Å². The van der Waals surface area contributed by atoms with E-state index < -0.39 is 71.3 Å². The van der Waals surface area contributed by atoms with Gasteiger partial charge in [0, 0.05) is 41.7 Å². The lowest BCUT2D eigenvalue weighted by Crippen LogP contribution is -2.68. The SMILES string of the molecule is CCCCC(=O)N(C)CC(=O)N(C)C(C=O)(CC(C)C)N[C@H](C(=O)N(C)C(CC(C)C)C(=O)N[C@@H](C)C(=O)N[C@H](C)C(=O)N(C)[C@@H](CC(C)C)C(=O)NC)C(C)C. The number of aldehydes is 1. The van der Waals surface area contributed by atoms with E-state index in [1.54, 1.807) is 20.9 Å². The summed E-state index contributed by atoms with van der Waals surface area (Å²) in [5, 5.41) is 11.1. The summed E-state index contributed by atoms with van der Waals surface area (Å²) in [6.45, 7) is 19.7. The zero-order valence-electron chi connectivity index (χ0n) is 37.8. The Labute approximate surface area is 342 Å². The van der Waals surface area contributed by atoms with E-state index in [0.717, 1.165) is 6.42 Å². The van der Waals surface area contributed by atoms with Crippen molar-refractivity contribution in [1.29, 1.82) is 0 Å². The average molecular weight is 809 g/mol. The van der Waals surface area contributed by atoms with E-state index in [-0.39, 0.29) is 49.0 Å². The molecule has 0 aliphatic carbocycles. The fourth-order valence-corrected chi connectivity index (χ4v) is 6.55. The molecule has 7 amide bonds. The van der Waals surface area contributed by atoms with Crippen molar-refractivity contribution in [3.05, 3.63) is 0 Å².